The second-order valence-corrected chi connectivity index (χ2v) is 10.7. The van der Waals surface area contributed by atoms with Crippen LogP contribution in [0.3, 0.4) is 0 Å². The van der Waals surface area contributed by atoms with Gasteiger partial charge in [-0.2, -0.15) is 4.31 Å². The van der Waals surface area contributed by atoms with E-state index in [1.165, 1.54) is 16.4 Å². The van der Waals surface area contributed by atoms with Gasteiger partial charge >= 0.3 is 0 Å². The number of rotatable bonds is 6. The van der Waals surface area contributed by atoms with Crippen molar-refractivity contribution in [2.45, 2.75) is 23.8 Å². The maximum atomic E-state index is 13.1. The van der Waals surface area contributed by atoms with Gasteiger partial charge in [0.1, 0.15) is 5.69 Å². The lowest BCUT2D eigenvalue weighted by Gasteiger charge is -2.35. The van der Waals surface area contributed by atoms with Gasteiger partial charge in [-0.05, 0) is 43.5 Å². The second-order valence-electron chi connectivity index (χ2n) is 8.79. The molecule has 0 spiro atoms. The number of nitro benzene ring substituents is 1. The summed E-state index contributed by atoms with van der Waals surface area (Å²) in [4.78, 5) is 15.3. The molecule has 0 saturated carbocycles. The van der Waals surface area contributed by atoms with Crippen molar-refractivity contribution in [2.24, 2.45) is 5.92 Å². The number of benzene rings is 2. The zero-order valence-electron chi connectivity index (χ0n) is 18.7. The highest BCUT2D eigenvalue weighted by molar-refractivity contribution is 7.89. The Bertz CT molecular complexity index is 1080. The summed E-state index contributed by atoms with van der Waals surface area (Å²) in [5.41, 5.74) is 1.10. The van der Waals surface area contributed by atoms with Gasteiger partial charge < -0.3 is 14.9 Å². The van der Waals surface area contributed by atoms with E-state index in [2.05, 4.69) is 4.90 Å². The molecule has 2 heterocycles. The van der Waals surface area contributed by atoms with Crippen LogP contribution in [0, 0.1) is 16.0 Å². The topological polar surface area (TPSA) is 107 Å². The highest BCUT2D eigenvalue weighted by atomic mass is 32.2. The van der Waals surface area contributed by atoms with Gasteiger partial charge in [0.2, 0.25) is 10.0 Å². The molecule has 4 rings (SSSR count). The monoisotopic (exact) mass is 474 g/mol. The molecular formula is C23H30N4O5S. The van der Waals surface area contributed by atoms with E-state index in [0.29, 0.717) is 57.8 Å². The molecule has 1 unspecified atom stereocenters. The maximum Gasteiger partial charge on any atom is 0.293 e. The molecule has 0 radical (unpaired) electrons. The minimum absolute atomic E-state index is 0.0445. The lowest BCUT2D eigenvalue weighted by Crippen LogP contribution is -2.47. The van der Waals surface area contributed by atoms with Crippen LogP contribution in [0.5, 0.6) is 0 Å². The van der Waals surface area contributed by atoms with E-state index < -0.39 is 21.1 Å². The molecule has 0 aliphatic carbocycles. The normalized spacial score (nSPS) is 20.0. The Morgan fingerprint density at radius 2 is 1.64 bits per heavy atom. The first kappa shape index (κ1) is 23.6. The molecule has 0 bridgehead atoms. The third-order valence-electron chi connectivity index (χ3n) is 6.71. The van der Waals surface area contributed by atoms with Crippen LogP contribution < -0.4 is 4.90 Å². The lowest BCUT2D eigenvalue weighted by molar-refractivity contribution is -0.384. The van der Waals surface area contributed by atoms with Gasteiger partial charge in [-0.3, -0.25) is 10.1 Å². The number of aliphatic hydroxyl groups excluding tert-OH is 1. The zero-order chi connectivity index (χ0) is 23.6. The first-order valence-electron chi connectivity index (χ1n) is 11.2. The van der Waals surface area contributed by atoms with Crippen LogP contribution in [0.4, 0.5) is 11.4 Å². The van der Waals surface area contributed by atoms with Gasteiger partial charge in [0.05, 0.1) is 15.9 Å². The smallest absolute Gasteiger partial charge is 0.293 e. The third kappa shape index (κ3) is 5.03. The SMILES string of the molecule is CN1CCN(S(=O)(=O)c2ccc(N3CCC(C(O)c4ccccc4)CC3)c([N+](=O)[O-])c2)CC1. The van der Waals surface area contributed by atoms with E-state index in [1.54, 1.807) is 6.07 Å². The van der Waals surface area contributed by atoms with Crippen LogP contribution in [-0.2, 0) is 10.0 Å². The van der Waals surface area contributed by atoms with E-state index in [0.717, 1.165) is 5.56 Å². The number of hydrogen-bond acceptors (Lipinski definition) is 7. The number of nitrogens with zero attached hydrogens (tertiary/aromatic N) is 4. The molecule has 2 aromatic carbocycles. The van der Waals surface area contributed by atoms with Crippen LogP contribution in [-0.4, -0.2) is 74.0 Å². The predicted octanol–water partition coefficient (Wildman–Crippen LogP) is 2.48. The molecule has 2 aliphatic heterocycles. The van der Waals surface area contributed by atoms with E-state index in [9.17, 15) is 23.6 Å². The Hall–Kier alpha value is -2.53. The molecule has 2 aliphatic rings. The highest BCUT2D eigenvalue weighted by Gasteiger charge is 2.32. The summed E-state index contributed by atoms with van der Waals surface area (Å²) in [6.07, 6.45) is 0.808. The first-order valence-corrected chi connectivity index (χ1v) is 12.7. The van der Waals surface area contributed by atoms with Gasteiger partial charge in [0.25, 0.3) is 5.69 Å². The average Bonchev–Trinajstić information content (AvgIpc) is 2.84. The lowest BCUT2D eigenvalue weighted by atomic mass is 9.87. The Kier molecular flexibility index (Phi) is 6.99. The Balaban J connectivity index is 1.50. The standard InChI is InChI=1S/C23H30N4O5S/c1-24-13-15-26(16-14-24)33(31,32)20-7-8-21(22(17-20)27(29)30)25-11-9-19(10-12-25)23(28)18-5-3-2-4-6-18/h2-8,17,19,23,28H,9-16H2,1H3. The summed E-state index contributed by atoms with van der Waals surface area (Å²) in [5.74, 6) is 0.0691. The van der Waals surface area contributed by atoms with Crippen molar-refractivity contribution >= 4 is 21.4 Å². The van der Waals surface area contributed by atoms with Crippen LogP contribution in [0.1, 0.15) is 24.5 Å². The molecule has 0 amide bonds. The zero-order valence-corrected chi connectivity index (χ0v) is 19.5. The number of piperazine rings is 1. The average molecular weight is 475 g/mol. The molecule has 2 aromatic rings. The second kappa shape index (κ2) is 9.76. The summed E-state index contributed by atoms with van der Waals surface area (Å²) in [6.45, 7) is 3.10. The molecule has 33 heavy (non-hydrogen) atoms. The van der Waals surface area contributed by atoms with Crippen molar-refractivity contribution in [2.75, 3.05) is 51.2 Å². The van der Waals surface area contributed by atoms with Gasteiger partial charge in [-0.25, -0.2) is 8.42 Å². The Morgan fingerprint density at radius 3 is 2.24 bits per heavy atom. The fourth-order valence-corrected chi connectivity index (χ4v) is 6.08. The number of piperidine rings is 1. The van der Waals surface area contributed by atoms with E-state index in [-0.39, 0.29) is 16.5 Å². The minimum Gasteiger partial charge on any atom is -0.388 e. The summed E-state index contributed by atoms with van der Waals surface area (Å²) >= 11 is 0. The molecule has 9 nitrogen and oxygen atoms in total. The molecule has 10 heteroatoms. The fourth-order valence-electron chi connectivity index (χ4n) is 4.63. The fraction of sp³-hybridized carbons (Fsp3) is 0.478. The Labute approximate surface area is 194 Å². The third-order valence-corrected chi connectivity index (χ3v) is 8.61. The van der Waals surface area contributed by atoms with Crippen molar-refractivity contribution in [3.05, 3.63) is 64.2 Å². The molecule has 1 N–H and O–H groups in total. The Morgan fingerprint density at radius 1 is 1.00 bits per heavy atom. The van der Waals surface area contributed by atoms with Crippen LogP contribution in [0.2, 0.25) is 0 Å². The van der Waals surface area contributed by atoms with Gasteiger partial charge in [-0.15, -0.1) is 0 Å². The van der Waals surface area contributed by atoms with Crippen molar-refractivity contribution in [3.63, 3.8) is 0 Å². The van der Waals surface area contributed by atoms with Crippen molar-refractivity contribution < 1.29 is 18.4 Å². The molecular weight excluding hydrogens is 444 g/mol. The quantitative estimate of drug-likeness (QED) is 0.506. The number of aliphatic hydroxyl groups is 1. The number of anilines is 1. The number of likely N-dealkylation sites (N-methyl/N-ethyl adjacent to an activating group) is 1. The summed E-state index contributed by atoms with van der Waals surface area (Å²) in [6, 6.07) is 13.7. The molecule has 2 fully saturated rings. The predicted molar refractivity (Wildman–Crippen MR) is 126 cm³/mol. The van der Waals surface area contributed by atoms with Crippen molar-refractivity contribution in [1.82, 2.24) is 9.21 Å². The van der Waals surface area contributed by atoms with Crippen LogP contribution >= 0.6 is 0 Å². The van der Waals surface area contributed by atoms with Gasteiger partial charge in [0.15, 0.2) is 0 Å². The van der Waals surface area contributed by atoms with E-state index >= 15 is 0 Å². The van der Waals surface area contributed by atoms with E-state index in [4.69, 9.17) is 0 Å². The van der Waals surface area contributed by atoms with Crippen molar-refractivity contribution in [1.29, 1.82) is 0 Å². The number of hydrogen-bond donors (Lipinski definition) is 1. The molecule has 1 atom stereocenters. The van der Waals surface area contributed by atoms with Crippen LogP contribution in [0.15, 0.2) is 53.4 Å². The van der Waals surface area contributed by atoms with Gasteiger partial charge in [-0.1, -0.05) is 30.3 Å². The molecule has 0 aromatic heterocycles. The van der Waals surface area contributed by atoms with Crippen LogP contribution in [0.25, 0.3) is 0 Å². The van der Waals surface area contributed by atoms with Gasteiger partial charge in [0, 0.05) is 45.3 Å². The number of nitro groups is 1. The largest absolute Gasteiger partial charge is 0.388 e. The maximum absolute atomic E-state index is 13.1. The molecule has 178 valence electrons. The highest BCUT2D eigenvalue weighted by Crippen LogP contribution is 2.37. The number of sulfonamides is 1. The van der Waals surface area contributed by atoms with E-state index in [1.807, 2.05) is 42.3 Å². The first-order chi connectivity index (χ1) is 15.8. The minimum atomic E-state index is -3.79. The molecule has 2 saturated heterocycles. The summed E-state index contributed by atoms with van der Waals surface area (Å²) < 4.78 is 27.5. The summed E-state index contributed by atoms with van der Waals surface area (Å²) in [7, 11) is -1.85. The van der Waals surface area contributed by atoms with Crippen molar-refractivity contribution in [3.8, 4) is 0 Å². The summed E-state index contributed by atoms with van der Waals surface area (Å²) in [5, 5.41) is 22.6.